The molecule has 0 saturated carbocycles. The lowest BCUT2D eigenvalue weighted by molar-refractivity contribution is 0.507. The van der Waals surface area contributed by atoms with Crippen LogP contribution < -0.4 is 0 Å². The minimum atomic E-state index is 0.500. The Labute approximate surface area is 76.7 Å². The predicted octanol–water partition coefficient (Wildman–Crippen LogP) is 2.00. The molecule has 13 heavy (non-hydrogen) atoms. The molecular formula is C9H11N3O. The summed E-state index contributed by atoms with van der Waals surface area (Å²) in [4.78, 5) is 3.59. The Morgan fingerprint density at radius 2 is 2.31 bits per heavy atom. The van der Waals surface area contributed by atoms with E-state index in [4.69, 9.17) is 4.42 Å². The van der Waals surface area contributed by atoms with Gasteiger partial charge in [0.25, 0.3) is 0 Å². The molecule has 0 bridgehead atoms. The first kappa shape index (κ1) is 9.38. The molecule has 68 valence electrons. The Morgan fingerprint density at radius 3 is 2.77 bits per heavy atom. The quantitative estimate of drug-likeness (QED) is 0.524. The lowest BCUT2D eigenvalue weighted by atomic mass is 10.2. The first-order valence-corrected chi connectivity index (χ1v) is 3.87. The van der Waals surface area contributed by atoms with Crippen molar-refractivity contribution in [3.05, 3.63) is 30.1 Å². The maximum Gasteiger partial charge on any atom is 0.247 e. The minimum absolute atomic E-state index is 0.500. The van der Waals surface area contributed by atoms with E-state index >= 15 is 0 Å². The van der Waals surface area contributed by atoms with Gasteiger partial charge in [0.2, 0.25) is 11.8 Å². The number of nitrogens with zero attached hydrogens (tertiary/aromatic N) is 3. The van der Waals surface area contributed by atoms with Gasteiger partial charge in [-0.25, -0.2) is 0 Å². The van der Waals surface area contributed by atoms with Crippen molar-refractivity contribution in [2.45, 2.75) is 13.8 Å². The Morgan fingerprint density at radius 1 is 1.54 bits per heavy atom. The molecule has 0 unspecified atom stereocenters. The fraction of sp³-hybridized carbons (Fsp3) is 0.222. The van der Waals surface area contributed by atoms with E-state index in [1.807, 2.05) is 13.0 Å². The Hall–Kier alpha value is -1.71. The zero-order chi connectivity index (χ0) is 9.68. The van der Waals surface area contributed by atoms with E-state index in [0.29, 0.717) is 11.8 Å². The van der Waals surface area contributed by atoms with Crippen molar-refractivity contribution in [1.82, 2.24) is 10.2 Å². The van der Waals surface area contributed by atoms with Crippen molar-refractivity contribution in [3.63, 3.8) is 0 Å². The molecule has 0 aliphatic rings. The standard InChI is InChI=1S/C9H11N3O/c1-4-8(5-6-10-3)9-12-11-7(2)13-9/h4-6H,3H2,1-2H3/b6-5-,8-4+. The highest BCUT2D eigenvalue weighted by molar-refractivity contribution is 5.67. The highest BCUT2D eigenvalue weighted by Crippen LogP contribution is 2.13. The van der Waals surface area contributed by atoms with Crippen LogP contribution in [0.1, 0.15) is 18.7 Å². The lowest BCUT2D eigenvalue weighted by Gasteiger charge is -1.90. The van der Waals surface area contributed by atoms with Gasteiger partial charge < -0.3 is 4.42 Å². The van der Waals surface area contributed by atoms with E-state index in [1.165, 1.54) is 0 Å². The second kappa shape index (κ2) is 4.35. The van der Waals surface area contributed by atoms with E-state index in [1.54, 1.807) is 19.2 Å². The summed E-state index contributed by atoms with van der Waals surface area (Å²) in [6, 6.07) is 0. The van der Waals surface area contributed by atoms with E-state index < -0.39 is 0 Å². The van der Waals surface area contributed by atoms with Gasteiger partial charge in [-0.15, -0.1) is 10.2 Å². The molecule has 0 atom stereocenters. The Bertz CT molecular complexity index is 349. The van der Waals surface area contributed by atoms with Gasteiger partial charge in [-0.05, 0) is 19.7 Å². The summed E-state index contributed by atoms with van der Waals surface area (Å²) in [7, 11) is 0. The van der Waals surface area contributed by atoms with Crippen LogP contribution in [0.5, 0.6) is 0 Å². The summed E-state index contributed by atoms with van der Waals surface area (Å²) in [5, 5.41) is 7.60. The average molecular weight is 177 g/mol. The molecule has 1 aromatic heterocycles. The van der Waals surface area contributed by atoms with Crippen LogP contribution in [0.25, 0.3) is 5.57 Å². The molecule has 0 aliphatic heterocycles. The molecule has 0 saturated heterocycles. The van der Waals surface area contributed by atoms with Gasteiger partial charge in [0.05, 0.1) is 0 Å². The number of aryl methyl sites for hydroxylation is 1. The van der Waals surface area contributed by atoms with Gasteiger partial charge in [-0.2, -0.15) is 0 Å². The third kappa shape index (κ3) is 2.37. The summed E-state index contributed by atoms with van der Waals surface area (Å²) in [5.74, 6) is 1.05. The van der Waals surface area contributed by atoms with Gasteiger partial charge in [0.1, 0.15) is 0 Å². The minimum Gasteiger partial charge on any atom is -0.421 e. The molecular weight excluding hydrogens is 166 g/mol. The van der Waals surface area contributed by atoms with Gasteiger partial charge in [-0.3, -0.25) is 4.99 Å². The summed E-state index contributed by atoms with van der Waals surface area (Å²) in [6.45, 7) is 6.98. The SMILES string of the molecule is C=N/C=C\C(=C/C)c1nnc(C)o1. The van der Waals surface area contributed by atoms with E-state index in [2.05, 4.69) is 21.9 Å². The maximum atomic E-state index is 5.23. The van der Waals surface area contributed by atoms with Crippen LogP contribution in [-0.4, -0.2) is 16.9 Å². The number of allylic oxidation sites excluding steroid dienone is 3. The monoisotopic (exact) mass is 177 g/mol. The summed E-state index contributed by atoms with van der Waals surface area (Å²) >= 11 is 0. The van der Waals surface area contributed by atoms with Crippen LogP contribution >= 0.6 is 0 Å². The van der Waals surface area contributed by atoms with Crippen LogP contribution in [0, 0.1) is 6.92 Å². The summed E-state index contributed by atoms with van der Waals surface area (Å²) in [6.07, 6.45) is 5.21. The number of hydrogen-bond donors (Lipinski definition) is 0. The van der Waals surface area contributed by atoms with Crippen molar-refractivity contribution in [1.29, 1.82) is 0 Å². The van der Waals surface area contributed by atoms with Gasteiger partial charge >= 0.3 is 0 Å². The largest absolute Gasteiger partial charge is 0.421 e. The number of aromatic nitrogens is 2. The smallest absolute Gasteiger partial charge is 0.247 e. The molecule has 1 heterocycles. The average Bonchev–Trinajstić information content (AvgIpc) is 2.54. The Kier molecular flexibility index (Phi) is 3.14. The molecule has 0 radical (unpaired) electrons. The van der Waals surface area contributed by atoms with Crippen molar-refractivity contribution in [2.24, 2.45) is 4.99 Å². The van der Waals surface area contributed by atoms with Crippen molar-refractivity contribution in [3.8, 4) is 0 Å². The maximum absolute atomic E-state index is 5.23. The molecule has 0 spiro atoms. The van der Waals surface area contributed by atoms with Gasteiger partial charge in [-0.1, -0.05) is 6.08 Å². The van der Waals surface area contributed by atoms with Crippen LogP contribution in [0.4, 0.5) is 0 Å². The molecule has 4 nitrogen and oxygen atoms in total. The first-order chi connectivity index (χ1) is 6.27. The van der Waals surface area contributed by atoms with E-state index in [9.17, 15) is 0 Å². The number of aliphatic imine (C=N–C) groups is 1. The van der Waals surface area contributed by atoms with E-state index in [0.717, 1.165) is 5.57 Å². The van der Waals surface area contributed by atoms with Crippen LogP contribution in [0.3, 0.4) is 0 Å². The third-order valence-electron chi connectivity index (χ3n) is 1.44. The topological polar surface area (TPSA) is 51.3 Å². The van der Waals surface area contributed by atoms with Crippen molar-refractivity contribution < 1.29 is 4.42 Å². The van der Waals surface area contributed by atoms with Gasteiger partial charge in [0, 0.05) is 18.7 Å². The predicted molar refractivity (Wildman–Crippen MR) is 51.4 cm³/mol. The number of rotatable bonds is 3. The van der Waals surface area contributed by atoms with Crippen LogP contribution in [-0.2, 0) is 0 Å². The second-order valence-electron chi connectivity index (χ2n) is 2.37. The molecule has 4 heteroatoms. The van der Waals surface area contributed by atoms with Crippen molar-refractivity contribution in [2.75, 3.05) is 0 Å². The summed E-state index contributed by atoms with van der Waals surface area (Å²) in [5.41, 5.74) is 0.841. The van der Waals surface area contributed by atoms with Gasteiger partial charge in [0.15, 0.2) is 0 Å². The molecule has 1 aromatic rings. The molecule has 0 aliphatic carbocycles. The molecule has 1 rings (SSSR count). The fourth-order valence-corrected chi connectivity index (χ4v) is 0.837. The molecule has 0 amide bonds. The van der Waals surface area contributed by atoms with Crippen LogP contribution in [0.2, 0.25) is 0 Å². The second-order valence-corrected chi connectivity index (χ2v) is 2.37. The zero-order valence-corrected chi connectivity index (χ0v) is 7.69. The molecule has 0 N–H and O–H groups in total. The highest BCUT2D eigenvalue weighted by Gasteiger charge is 2.04. The normalized spacial score (nSPS) is 12.3. The fourth-order valence-electron chi connectivity index (χ4n) is 0.837. The summed E-state index contributed by atoms with van der Waals surface area (Å²) < 4.78 is 5.23. The molecule has 0 fully saturated rings. The van der Waals surface area contributed by atoms with Crippen molar-refractivity contribution >= 4 is 12.3 Å². The highest BCUT2D eigenvalue weighted by atomic mass is 16.4. The third-order valence-corrected chi connectivity index (χ3v) is 1.44. The molecule has 0 aromatic carbocycles. The number of hydrogen-bond acceptors (Lipinski definition) is 4. The zero-order valence-electron chi connectivity index (χ0n) is 7.69. The lowest BCUT2D eigenvalue weighted by Crippen LogP contribution is -1.79. The Balaban J connectivity index is 2.91. The first-order valence-electron chi connectivity index (χ1n) is 3.87. The van der Waals surface area contributed by atoms with Crippen LogP contribution in [0.15, 0.2) is 27.8 Å². The van der Waals surface area contributed by atoms with E-state index in [-0.39, 0.29) is 0 Å².